The number of carbonyl (C=O) groups excluding carboxylic acids is 2. The van der Waals surface area contributed by atoms with Crippen molar-refractivity contribution in [1.29, 1.82) is 0 Å². The molecular formula is C17H24BNO7. The minimum atomic E-state index is -1.16. The third kappa shape index (κ3) is 4.42. The van der Waals surface area contributed by atoms with E-state index in [0.29, 0.717) is 16.6 Å². The standard InChI is InChI=1S/C17H24BNO7/c1-9(2)15(17(23)25-8-12(21)6-20)19-16(22)13-5-4-11-7-26-18(24)14(11)10(13)3/h4-5,9,12,15,20-21,24H,6-8H2,1-3H3,(H,19,22)/t12-,15+/m1/s1. The lowest BCUT2D eigenvalue weighted by molar-refractivity contribution is -0.150. The van der Waals surface area contributed by atoms with E-state index >= 15 is 0 Å². The van der Waals surface area contributed by atoms with Crippen LogP contribution in [0, 0.1) is 12.8 Å². The van der Waals surface area contributed by atoms with Crippen LogP contribution in [0.3, 0.4) is 0 Å². The highest BCUT2D eigenvalue weighted by molar-refractivity contribution is 6.62. The summed E-state index contributed by atoms with van der Waals surface area (Å²) in [6.45, 7) is 4.63. The van der Waals surface area contributed by atoms with Crippen molar-refractivity contribution in [3.8, 4) is 0 Å². The minimum Gasteiger partial charge on any atom is -0.461 e. The SMILES string of the molecule is Cc1c(C(=O)N[C@H](C(=O)OC[C@H](O)CO)C(C)C)ccc2c1B(O)OC2. The lowest BCUT2D eigenvalue weighted by Crippen LogP contribution is -2.46. The predicted molar refractivity (Wildman–Crippen MR) is 93.7 cm³/mol. The number of esters is 1. The molecule has 8 nitrogen and oxygen atoms in total. The van der Waals surface area contributed by atoms with Gasteiger partial charge < -0.3 is 29.9 Å². The number of hydrogen-bond donors (Lipinski definition) is 4. The fraction of sp³-hybridized carbons (Fsp3) is 0.529. The number of fused-ring (bicyclic) bond motifs is 1. The van der Waals surface area contributed by atoms with Crippen molar-refractivity contribution in [2.24, 2.45) is 5.92 Å². The summed E-state index contributed by atoms with van der Waals surface area (Å²) in [5.41, 5.74) is 2.33. The highest BCUT2D eigenvalue weighted by Crippen LogP contribution is 2.17. The summed E-state index contributed by atoms with van der Waals surface area (Å²) < 4.78 is 10.1. The summed E-state index contributed by atoms with van der Waals surface area (Å²) in [6.07, 6.45) is -1.16. The number of carbonyl (C=O) groups is 2. The van der Waals surface area contributed by atoms with E-state index in [4.69, 9.17) is 14.5 Å². The van der Waals surface area contributed by atoms with Gasteiger partial charge in [-0.2, -0.15) is 0 Å². The Kier molecular flexibility index (Phi) is 6.77. The largest absolute Gasteiger partial charge is 0.492 e. The van der Waals surface area contributed by atoms with Crippen molar-refractivity contribution in [2.75, 3.05) is 13.2 Å². The van der Waals surface area contributed by atoms with Crippen LogP contribution < -0.4 is 10.8 Å². The predicted octanol–water partition coefficient (Wildman–Crippen LogP) is -1.14. The second-order valence-corrected chi connectivity index (χ2v) is 6.64. The number of ether oxygens (including phenoxy) is 1. The molecule has 0 aliphatic carbocycles. The molecule has 0 unspecified atom stereocenters. The maximum absolute atomic E-state index is 12.7. The molecular weight excluding hydrogens is 341 g/mol. The summed E-state index contributed by atoms with van der Waals surface area (Å²) in [6, 6.07) is 2.43. The van der Waals surface area contributed by atoms with Gasteiger partial charge in [-0.1, -0.05) is 19.9 Å². The molecule has 1 aliphatic heterocycles. The van der Waals surface area contributed by atoms with Gasteiger partial charge in [0.1, 0.15) is 18.8 Å². The van der Waals surface area contributed by atoms with Crippen molar-refractivity contribution < 1.29 is 34.2 Å². The van der Waals surface area contributed by atoms with Crippen molar-refractivity contribution in [2.45, 2.75) is 39.5 Å². The van der Waals surface area contributed by atoms with E-state index in [9.17, 15) is 19.7 Å². The maximum atomic E-state index is 12.7. The Balaban J connectivity index is 2.13. The smallest absolute Gasteiger partial charge is 0.461 e. The molecule has 1 aliphatic rings. The molecule has 0 saturated heterocycles. The van der Waals surface area contributed by atoms with E-state index < -0.39 is 37.7 Å². The average Bonchev–Trinajstić information content (AvgIpc) is 2.98. The molecule has 0 radical (unpaired) electrons. The zero-order valence-electron chi connectivity index (χ0n) is 15.1. The second kappa shape index (κ2) is 8.63. The van der Waals surface area contributed by atoms with Crippen LogP contribution >= 0.6 is 0 Å². The van der Waals surface area contributed by atoms with Crippen LogP contribution in [0.1, 0.15) is 35.3 Å². The number of aliphatic hydroxyl groups excluding tert-OH is 2. The molecule has 142 valence electrons. The van der Waals surface area contributed by atoms with Crippen LogP contribution in [0.5, 0.6) is 0 Å². The fourth-order valence-electron chi connectivity index (χ4n) is 2.79. The molecule has 26 heavy (non-hydrogen) atoms. The molecule has 4 N–H and O–H groups in total. The van der Waals surface area contributed by atoms with Crippen LogP contribution in [-0.4, -0.2) is 59.6 Å². The van der Waals surface area contributed by atoms with E-state index in [2.05, 4.69) is 5.32 Å². The molecule has 1 aromatic carbocycles. The van der Waals surface area contributed by atoms with E-state index in [1.54, 1.807) is 32.9 Å². The van der Waals surface area contributed by atoms with Crippen molar-refractivity contribution in [3.63, 3.8) is 0 Å². The molecule has 0 saturated carbocycles. The Labute approximate surface area is 152 Å². The molecule has 1 heterocycles. The highest BCUT2D eigenvalue weighted by atomic mass is 16.5. The van der Waals surface area contributed by atoms with Gasteiger partial charge in [0.05, 0.1) is 13.2 Å². The third-order valence-electron chi connectivity index (χ3n) is 4.33. The first-order valence-electron chi connectivity index (χ1n) is 8.44. The molecule has 9 heteroatoms. The molecule has 1 aromatic rings. The molecule has 0 bridgehead atoms. The Bertz CT molecular complexity index is 679. The summed E-state index contributed by atoms with van der Waals surface area (Å²) in [5.74, 6) is -1.41. The van der Waals surface area contributed by atoms with Gasteiger partial charge in [-0.05, 0) is 35.5 Å². The van der Waals surface area contributed by atoms with Gasteiger partial charge in [0.2, 0.25) is 0 Å². The lowest BCUT2D eigenvalue weighted by Gasteiger charge is -2.22. The Hall–Kier alpha value is -1.94. The number of aliphatic hydroxyl groups is 2. The van der Waals surface area contributed by atoms with Crippen molar-refractivity contribution >= 4 is 24.5 Å². The zero-order chi connectivity index (χ0) is 19.4. The number of nitrogens with one attached hydrogen (secondary N) is 1. The monoisotopic (exact) mass is 365 g/mol. The van der Waals surface area contributed by atoms with Gasteiger partial charge >= 0.3 is 13.1 Å². The molecule has 2 atom stereocenters. The summed E-state index contributed by atoms with van der Waals surface area (Å²) in [4.78, 5) is 24.9. The van der Waals surface area contributed by atoms with Crippen LogP contribution in [0.25, 0.3) is 0 Å². The minimum absolute atomic E-state index is 0.249. The van der Waals surface area contributed by atoms with Gasteiger partial charge in [0.15, 0.2) is 0 Å². The van der Waals surface area contributed by atoms with E-state index in [-0.39, 0.29) is 19.1 Å². The molecule has 0 spiro atoms. The van der Waals surface area contributed by atoms with Gasteiger partial charge in [-0.15, -0.1) is 0 Å². The summed E-state index contributed by atoms with van der Waals surface area (Å²) in [7, 11) is -1.07. The first-order valence-corrected chi connectivity index (χ1v) is 8.44. The van der Waals surface area contributed by atoms with Crippen LogP contribution in [-0.2, 0) is 20.8 Å². The van der Waals surface area contributed by atoms with Crippen molar-refractivity contribution in [3.05, 3.63) is 28.8 Å². The number of hydrogen-bond acceptors (Lipinski definition) is 7. The number of benzene rings is 1. The van der Waals surface area contributed by atoms with Crippen LogP contribution in [0.15, 0.2) is 12.1 Å². The molecule has 0 fully saturated rings. The Morgan fingerprint density at radius 1 is 1.38 bits per heavy atom. The Morgan fingerprint density at radius 2 is 2.08 bits per heavy atom. The fourth-order valence-corrected chi connectivity index (χ4v) is 2.79. The first-order chi connectivity index (χ1) is 12.3. The second-order valence-electron chi connectivity index (χ2n) is 6.64. The van der Waals surface area contributed by atoms with E-state index in [0.717, 1.165) is 5.56 Å². The lowest BCUT2D eigenvalue weighted by atomic mass is 9.75. The molecule has 2 rings (SSSR count). The van der Waals surface area contributed by atoms with Crippen LogP contribution in [0.4, 0.5) is 0 Å². The van der Waals surface area contributed by atoms with Gasteiger partial charge in [-0.3, -0.25) is 4.79 Å². The zero-order valence-corrected chi connectivity index (χ0v) is 15.1. The van der Waals surface area contributed by atoms with Crippen molar-refractivity contribution in [1.82, 2.24) is 5.32 Å². The molecule has 1 amide bonds. The molecule has 0 aromatic heterocycles. The van der Waals surface area contributed by atoms with E-state index in [1.165, 1.54) is 0 Å². The highest BCUT2D eigenvalue weighted by Gasteiger charge is 2.32. The van der Waals surface area contributed by atoms with Gasteiger partial charge in [0, 0.05) is 5.56 Å². The quantitative estimate of drug-likeness (QED) is 0.356. The Morgan fingerprint density at radius 3 is 2.69 bits per heavy atom. The topological polar surface area (TPSA) is 125 Å². The first kappa shape index (κ1) is 20.4. The van der Waals surface area contributed by atoms with E-state index in [1.807, 2.05) is 0 Å². The summed E-state index contributed by atoms with van der Waals surface area (Å²) in [5, 5.41) is 30.6. The van der Waals surface area contributed by atoms with Gasteiger partial charge in [0.25, 0.3) is 5.91 Å². The van der Waals surface area contributed by atoms with Crippen LogP contribution in [0.2, 0.25) is 0 Å². The third-order valence-corrected chi connectivity index (χ3v) is 4.33. The number of amides is 1. The average molecular weight is 365 g/mol. The normalized spacial score (nSPS) is 15.6. The maximum Gasteiger partial charge on any atom is 0.492 e. The van der Waals surface area contributed by atoms with Gasteiger partial charge in [-0.25, -0.2) is 4.79 Å². The summed E-state index contributed by atoms with van der Waals surface area (Å²) >= 11 is 0. The number of rotatable bonds is 7.